The third-order valence-corrected chi connectivity index (χ3v) is 6.20. The number of hydrogen-bond acceptors (Lipinski definition) is 3. The fraction of sp³-hybridized carbons (Fsp3) is 1.00. The standard InChI is InChI=1S/C14H30N2O3S/c1-4-5-7-10-15(13(2)3)20(18,19)16-11-8-6-9-14(16)12-17/h13-14,17H,4-12H2,1-3H3. The first kappa shape index (κ1) is 17.9. The predicted octanol–water partition coefficient (Wildman–Crippen LogP) is 1.98. The quantitative estimate of drug-likeness (QED) is 0.698. The van der Waals surface area contributed by atoms with Crippen LogP contribution in [-0.4, -0.2) is 53.9 Å². The summed E-state index contributed by atoms with van der Waals surface area (Å²) >= 11 is 0. The van der Waals surface area contributed by atoms with E-state index >= 15 is 0 Å². The average molecular weight is 306 g/mol. The molecule has 5 nitrogen and oxygen atoms in total. The minimum Gasteiger partial charge on any atom is -0.395 e. The Balaban J connectivity index is 2.85. The molecule has 120 valence electrons. The van der Waals surface area contributed by atoms with Gasteiger partial charge in [0.1, 0.15) is 0 Å². The van der Waals surface area contributed by atoms with E-state index in [1.54, 1.807) is 4.31 Å². The Labute approximate surface area is 124 Å². The third kappa shape index (κ3) is 4.41. The molecule has 0 amide bonds. The van der Waals surface area contributed by atoms with E-state index in [0.717, 1.165) is 38.5 Å². The molecule has 0 aromatic heterocycles. The molecule has 1 atom stereocenters. The normalized spacial score (nSPS) is 21.8. The lowest BCUT2D eigenvalue weighted by Crippen LogP contribution is -2.53. The van der Waals surface area contributed by atoms with Crippen molar-refractivity contribution < 1.29 is 13.5 Å². The fourth-order valence-electron chi connectivity index (χ4n) is 2.75. The van der Waals surface area contributed by atoms with Gasteiger partial charge in [0, 0.05) is 25.2 Å². The number of hydrogen-bond donors (Lipinski definition) is 1. The van der Waals surface area contributed by atoms with Gasteiger partial charge in [-0.2, -0.15) is 17.0 Å². The molecule has 1 N–H and O–H groups in total. The molecular weight excluding hydrogens is 276 g/mol. The highest BCUT2D eigenvalue weighted by molar-refractivity contribution is 7.86. The van der Waals surface area contributed by atoms with Gasteiger partial charge in [-0.1, -0.05) is 26.2 Å². The topological polar surface area (TPSA) is 60.9 Å². The van der Waals surface area contributed by atoms with Crippen LogP contribution in [0.3, 0.4) is 0 Å². The molecule has 1 fully saturated rings. The molecule has 0 aromatic rings. The zero-order chi connectivity index (χ0) is 15.2. The van der Waals surface area contributed by atoms with E-state index in [9.17, 15) is 13.5 Å². The first-order valence-corrected chi connectivity index (χ1v) is 9.24. The number of aliphatic hydroxyl groups excluding tert-OH is 1. The Hall–Kier alpha value is -0.170. The van der Waals surface area contributed by atoms with Crippen molar-refractivity contribution in [1.29, 1.82) is 0 Å². The lowest BCUT2D eigenvalue weighted by Gasteiger charge is -2.38. The van der Waals surface area contributed by atoms with Gasteiger partial charge in [0.2, 0.25) is 0 Å². The van der Waals surface area contributed by atoms with E-state index in [1.807, 2.05) is 13.8 Å². The van der Waals surface area contributed by atoms with Crippen molar-refractivity contribution in [3.8, 4) is 0 Å². The summed E-state index contributed by atoms with van der Waals surface area (Å²) < 4.78 is 28.8. The molecule has 0 radical (unpaired) electrons. The molecule has 1 heterocycles. The Morgan fingerprint density at radius 1 is 1.30 bits per heavy atom. The van der Waals surface area contributed by atoms with Gasteiger partial charge in [-0.3, -0.25) is 0 Å². The highest BCUT2D eigenvalue weighted by Gasteiger charge is 2.36. The van der Waals surface area contributed by atoms with E-state index in [4.69, 9.17) is 0 Å². The largest absolute Gasteiger partial charge is 0.395 e. The summed E-state index contributed by atoms with van der Waals surface area (Å²) in [4.78, 5) is 0. The van der Waals surface area contributed by atoms with Crippen molar-refractivity contribution >= 4 is 10.2 Å². The van der Waals surface area contributed by atoms with Crippen molar-refractivity contribution in [3.05, 3.63) is 0 Å². The predicted molar refractivity (Wildman–Crippen MR) is 81.7 cm³/mol. The molecule has 0 aromatic carbocycles. The number of piperidine rings is 1. The van der Waals surface area contributed by atoms with E-state index < -0.39 is 10.2 Å². The first-order chi connectivity index (χ1) is 9.45. The third-order valence-electron chi connectivity index (χ3n) is 3.93. The van der Waals surface area contributed by atoms with Crippen LogP contribution < -0.4 is 0 Å². The number of rotatable bonds is 8. The number of nitrogens with zero attached hydrogens (tertiary/aromatic N) is 2. The van der Waals surface area contributed by atoms with Crippen molar-refractivity contribution in [2.75, 3.05) is 19.7 Å². The van der Waals surface area contributed by atoms with Crippen molar-refractivity contribution in [2.24, 2.45) is 0 Å². The van der Waals surface area contributed by atoms with Crippen LogP contribution in [0.25, 0.3) is 0 Å². The van der Waals surface area contributed by atoms with Gasteiger partial charge < -0.3 is 5.11 Å². The first-order valence-electron chi connectivity index (χ1n) is 7.84. The Morgan fingerprint density at radius 3 is 2.55 bits per heavy atom. The second kappa shape index (κ2) is 8.32. The Bertz CT molecular complexity index is 371. The monoisotopic (exact) mass is 306 g/mol. The van der Waals surface area contributed by atoms with Gasteiger partial charge in [-0.15, -0.1) is 0 Å². The lowest BCUT2D eigenvalue weighted by atomic mass is 10.1. The second-order valence-electron chi connectivity index (χ2n) is 5.86. The van der Waals surface area contributed by atoms with Gasteiger partial charge >= 0.3 is 0 Å². The zero-order valence-electron chi connectivity index (χ0n) is 13.1. The summed E-state index contributed by atoms with van der Waals surface area (Å²) in [6, 6.07) is -0.292. The van der Waals surface area contributed by atoms with Crippen LogP contribution in [0, 0.1) is 0 Å². The van der Waals surface area contributed by atoms with Crippen molar-refractivity contribution in [3.63, 3.8) is 0 Å². The summed E-state index contributed by atoms with van der Waals surface area (Å²) in [6.45, 7) is 6.97. The molecule has 6 heteroatoms. The van der Waals surface area contributed by atoms with Crippen LogP contribution in [0.15, 0.2) is 0 Å². The van der Waals surface area contributed by atoms with Gasteiger partial charge in [-0.05, 0) is 33.1 Å². The van der Waals surface area contributed by atoms with Gasteiger partial charge in [0.05, 0.1) is 6.61 Å². The maximum atomic E-state index is 12.8. The zero-order valence-corrected chi connectivity index (χ0v) is 13.9. The molecular formula is C14H30N2O3S. The number of aliphatic hydroxyl groups is 1. The second-order valence-corrected chi connectivity index (χ2v) is 7.70. The molecule has 0 aliphatic carbocycles. The van der Waals surface area contributed by atoms with Crippen LogP contribution in [0.4, 0.5) is 0 Å². The molecule has 1 aliphatic heterocycles. The van der Waals surface area contributed by atoms with Gasteiger partial charge in [0.25, 0.3) is 10.2 Å². The molecule has 20 heavy (non-hydrogen) atoms. The molecule has 0 spiro atoms. The molecule has 0 saturated carbocycles. The maximum Gasteiger partial charge on any atom is 0.282 e. The Morgan fingerprint density at radius 2 is 2.00 bits per heavy atom. The highest BCUT2D eigenvalue weighted by Crippen LogP contribution is 2.24. The highest BCUT2D eigenvalue weighted by atomic mass is 32.2. The average Bonchev–Trinajstić information content (AvgIpc) is 2.42. The SMILES string of the molecule is CCCCCN(C(C)C)S(=O)(=O)N1CCCCC1CO. The molecule has 1 aliphatic rings. The Kier molecular flexibility index (Phi) is 7.43. The van der Waals surface area contributed by atoms with Crippen LogP contribution in [0.1, 0.15) is 59.3 Å². The van der Waals surface area contributed by atoms with Crippen molar-refractivity contribution in [2.45, 2.75) is 71.4 Å². The summed E-state index contributed by atoms with van der Waals surface area (Å²) in [6.07, 6.45) is 5.66. The molecule has 1 saturated heterocycles. The molecule has 0 bridgehead atoms. The fourth-order valence-corrected chi connectivity index (χ4v) is 4.82. The van der Waals surface area contributed by atoms with E-state index in [1.165, 1.54) is 4.31 Å². The molecule has 1 unspecified atom stereocenters. The van der Waals surface area contributed by atoms with Crippen molar-refractivity contribution in [1.82, 2.24) is 8.61 Å². The number of unbranched alkanes of at least 4 members (excludes halogenated alkanes) is 2. The minimum absolute atomic E-state index is 0.0434. The van der Waals surface area contributed by atoms with Gasteiger partial charge in [-0.25, -0.2) is 0 Å². The van der Waals surface area contributed by atoms with E-state index in [2.05, 4.69) is 6.92 Å². The van der Waals surface area contributed by atoms with Crippen LogP contribution >= 0.6 is 0 Å². The molecule has 1 rings (SSSR count). The van der Waals surface area contributed by atoms with Crippen LogP contribution in [-0.2, 0) is 10.2 Å². The van der Waals surface area contributed by atoms with E-state index in [-0.39, 0.29) is 18.7 Å². The van der Waals surface area contributed by atoms with Crippen LogP contribution in [0.2, 0.25) is 0 Å². The maximum absolute atomic E-state index is 12.8. The van der Waals surface area contributed by atoms with Crippen LogP contribution in [0.5, 0.6) is 0 Å². The summed E-state index contributed by atoms with van der Waals surface area (Å²) in [5.74, 6) is 0. The summed E-state index contributed by atoms with van der Waals surface area (Å²) in [7, 11) is -3.46. The van der Waals surface area contributed by atoms with Gasteiger partial charge in [0.15, 0.2) is 0 Å². The smallest absolute Gasteiger partial charge is 0.282 e. The van der Waals surface area contributed by atoms with E-state index in [0.29, 0.717) is 13.1 Å². The summed E-state index contributed by atoms with van der Waals surface area (Å²) in [5, 5.41) is 9.43. The summed E-state index contributed by atoms with van der Waals surface area (Å²) in [5.41, 5.74) is 0. The minimum atomic E-state index is -3.46. The lowest BCUT2D eigenvalue weighted by molar-refractivity contribution is 0.145.